The summed E-state index contributed by atoms with van der Waals surface area (Å²) in [5.41, 5.74) is 4.41. The van der Waals surface area contributed by atoms with Crippen molar-refractivity contribution in [1.82, 2.24) is 9.80 Å². The molecule has 2 aromatic carbocycles. The third-order valence-electron chi connectivity index (χ3n) is 6.89. The summed E-state index contributed by atoms with van der Waals surface area (Å²) in [4.78, 5) is 32.5. The highest BCUT2D eigenvalue weighted by Crippen LogP contribution is 2.40. The molecule has 0 aliphatic carbocycles. The normalized spacial score (nSPS) is 20.5. The number of aryl methyl sites for hydroxylation is 2. The van der Waals surface area contributed by atoms with Gasteiger partial charge in [-0.05, 0) is 49.6 Å². The van der Waals surface area contributed by atoms with E-state index in [4.69, 9.17) is 4.74 Å². The number of Topliss-reactive ketones (excluding diaryl/α,β-unsaturated/α-hetero) is 1. The zero-order valence-corrected chi connectivity index (χ0v) is 21.1. The Morgan fingerprint density at radius 2 is 1.71 bits per heavy atom. The van der Waals surface area contributed by atoms with E-state index in [1.807, 2.05) is 75.3 Å². The van der Waals surface area contributed by atoms with Crippen molar-refractivity contribution in [3.63, 3.8) is 0 Å². The summed E-state index contributed by atoms with van der Waals surface area (Å²) in [6.07, 6.45) is 0.739. The minimum atomic E-state index is -0.629. The first kappa shape index (κ1) is 24.9. The molecule has 1 atom stereocenters. The number of ether oxygens (including phenoxy) is 1. The Hall–Kier alpha value is -3.16. The van der Waals surface area contributed by atoms with Gasteiger partial charge >= 0.3 is 0 Å². The van der Waals surface area contributed by atoms with Gasteiger partial charge < -0.3 is 19.6 Å². The predicted octanol–water partition coefficient (Wildman–Crippen LogP) is 3.51. The number of benzene rings is 2. The summed E-state index contributed by atoms with van der Waals surface area (Å²) in [5, 5.41) is 11.4. The third-order valence-corrected chi connectivity index (χ3v) is 6.89. The second-order valence-corrected chi connectivity index (χ2v) is 9.60. The lowest BCUT2D eigenvalue weighted by Crippen LogP contribution is -2.38. The molecule has 2 fully saturated rings. The quantitative estimate of drug-likeness (QED) is 0.374. The van der Waals surface area contributed by atoms with Gasteiger partial charge in [0.2, 0.25) is 0 Å². The molecule has 7 nitrogen and oxygen atoms in total. The molecule has 1 amide bonds. The second kappa shape index (κ2) is 10.6. The number of morpholine rings is 1. The highest BCUT2D eigenvalue weighted by Gasteiger charge is 2.46. The number of carbonyl (C=O) groups excluding carboxylic acids is 2. The number of hydrogen-bond donors (Lipinski definition) is 1. The summed E-state index contributed by atoms with van der Waals surface area (Å²) in [5.74, 6) is -1.29. The standard InChI is InChI=1S/C28H35N3O4/c1-19-6-7-20(2)23(18-19)26(32)24-25(21-8-10-22(11-9-21)29(3)4)31(28(34)27(24)33)13-5-12-30-14-16-35-17-15-30/h6-11,18,25,32H,5,12-17H2,1-4H3/t25-/m0/s1. The van der Waals surface area contributed by atoms with Gasteiger partial charge in [-0.15, -0.1) is 0 Å². The molecular weight excluding hydrogens is 442 g/mol. The lowest BCUT2D eigenvalue weighted by atomic mass is 9.93. The Kier molecular flexibility index (Phi) is 7.57. The zero-order valence-electron chi connectivity index (χ0n) is 21.1. The SMILES string of the molecule is Cc1ccc(C)c(C(O)=C2C(=O)C(=O)N(CCCN3CCOCC3)[C@H]2c2ccc(N(C)C)cc2)c1. The lowest BCUT2D eigenvalue weighted by Gasteiger charge is -2.29. The Bertz CT molecular complexity index is 1120. The molecule has 2 aliphatic rings. The van der Waals surface area contributed by atoms with Gasteiger partial charge in [0.15, 0.2) is 0 Å². The van der Waals surface area contributed by atoms with Crippen LogP contribution in [0.1, 0.15) is 34.7 Å². The average molecular weight is 478 g/mol. The van der Waals surface area contributed by atoms with Crippen LogP contribution in [-0.4, -0.2) is 80.1 Å². The van der Waals surface area contributed by atoms with Gasteiger partial charge in [0, 0.05) is 51.5 Å². The molecule has 7 heteroatoms. The fraction of sp³-hybridized carbons (Fsp3) is 0.429. The Labute approximate surface area is 207 Å². The van der Waals surface area contributed by atoms with Gasteiger partial charge in [-0.3, -0.25) is 14.5 Å². The van der Waals surface area contributed by atoms with E-state index in [0.29, 0.717) is 12.1 Å². The first-order valence-corrected chi connectivity index (χ1v) is 12.2. The number of rotatable bonds is 7. The van der Waals surface area contributed by atoms with Crippen molar-refractivity contribution in [2.45, 2.75) is 26.3 Å². The van der Waals surface area contributed by atoms with Crippen molar-refractivity contribution in [3.8, 4) is 0 Å². The molecule has 4 rings (SSSR count). The maximum atomic E-state index is 13.3. The number of carbonyl (C=O) groups is 2. The lowest BCUT2D eigenvalue weighted by molar-refractivity contribution is -0.140. The van der Waals surface area contributed by atoms with E-state index in [-0.39, 0.29) is 11.3 Å². The molecule has 2 heterocycles. The van der Waals surface area contributed by atoms with E-state index in [1.54, 1.807) is 4.90 Å². The minimum Gasteiger partial charge on any atom is -0.507 e. The van der Waals surface area contributed by atoms with Crippen molar-refractivity contribution < 1.29 is 19.4 Å². The second-order valence-electron chi connectivity index (χ2n) is 9.60. The highest BCUT2D eigenvalue weighted by atomic mass is 16.5. The molecule has 2 aromatic rings. The number of amides is 1. The van der Waals surface area contributed by atoms with Crippen molar-refractivity contribution in [3.05, 3.63) is 70.3 Å². The smallest absolute Gasteiger partial charge is 0.295 e. The fourth-order valence-corrected chi connectivity index (χ4v) is 4.84. The third kappa shape index (κ3) is 5.26. The van der Waals surface area contributed by atoms with Crippen LogP contribution in [0.2, 0.25) is 0 Å². The molecule has 0 unspecified atom stereocenters. The number of nitrogens with zero attached hydrogens (tertiary/aromatic N) is 3. The molecular formula is C28H35N3O4. The molecule has 2 saturated heterocycles. The Balaban J connectivity index is 1.71. The molecule has 1 N–H and O–H groups in total. The van der Waals surface area contributed by atoms with Gasteiger partial charge in [-0.2, -0.15) is 0 Å². The van der Waals surface area contributed by atoms with E-state index >= 15 is 0 Å². The maximum Gasteiger partial charge on any atom is 0.295 e. The van der Waals surface area contributed by atoms with Gasteiger partial charge in [0.25, 0.3) is 11.7 Å². The largest absolute Gasteiger partial charge is 0.507 e. The van der Waals surface area contributed by atoms with E-state index < -0.39 is 17.7 Å². The van der Waals surface area contributed by atoms with Crippen molar-refractivity contribution in [1.29, 1.82) is 0 Å². The van der Waals surface area contributed by atoms with Crippen LogP contribution in [0, 0.1) is 13.8 Å². The van der Waals surface area contributed by atoms with Gasteiger partial charge in [-0.25, -0.2) is 0 Å². The van der Waals surface area contributed by atoms with Crippen molar-refractivity contribution in [2.24, 2.45) is 0 Å². The Morgan fingerprint density at radius 3 is 2.37 bits per heavy atom. The highest BCUT2D eigenvalue weighted by molar-refractivity contribution is 6.46. The van der Waals surface area contributed by atoms with Crippen LogP contribution in [0.15, 0.2) is 48.0 Å². The summed E-state index contributed by atoms with van der Waals surface area (Å²) in [7, 11) is 3.93. The fourth-order valence-electron chi connectivity index (χ4n) is 4.84. The molecule has 0 saturated carbocycles. The van der Waals surface area contributed by atoms with E-state index in [2.05, 4.69) is 4.90 Å². The summed E-state index contributed by atoms with van der Waals surface area (Å²) >= 11 is 0. The van der Waals surface area contributed by atoms with Crippen LogP contribution >= 0.6 is 0 Å². The van der Waals surface area contributed by atoms with Crippen LogP contribution in [0.3, 0.4) is 0 Å². The summed E-state index contributed by atoms with van der Waals surface area (Å²) in [6.45, 7) is 8.30. The van der Waals surface area contributed by atoms with E-state index in [9.17, 15) is 14.7 Å². The molecule has 0 aromatic heterocycles. The van der Waals surface area contributed by atoms with Crippen LogP contribution in [0.4, 0.5) is 5.69 Å². The first-order valence-electron chi connectivity index (χ1n) is 12.2. The number of hydrogen-bond acceptors (Lipinski definition) is 6. The molecule has 0 spiro atoms. The van der Waals surface area contributed by atoms with Crippen molar-refractivity contribution >= 4 is 23.1 Å². The zero-order chi connectivity index (χ0) is 25.1. The van der Waals surface area contributed by atoms with Crippen LogP contribution < -0.4 is 4.90 Å². The van der Waals surface area contributed by atoms with E-state index in [1.165, 1.54) is 0 Å². The molecule has 2 aliphatic heterocycles. The Morgan fingerprint density at radius 1 is 1.03 bits per heavy atom. The van der Waals surface area contributed by atoms with E-state index in [0.717, 1.165) is 61.6 Å². The number of aliphatic hydroxyl groups is 1. The monoisotopic (exact) mass is 477 g/mol. The first-order chi connectivity index (χ1) is 16.8. The topological polar surface area (TPSA) is 73.3 Å². The summed E-state index contributed by atoms with van der Waals surface area (Å²) < 4.78 is 5.42. The molecule has 186 valence electrons. The van der Waals surface area contributed by atoms with Crippen LogP contribution in [0.5, 0.6) is 0 Å². The predicted molar refractivity (Wildman–Crippen MR) is 138 cm³/mol. The van der Waals surface area contributed by atoms with Gasteiger partial charge in [0.05, 0.1) is 24.8 Å². The van der Waals surface area contributed by atoms with Gasteiger partial charge in [-0.1, -0.05) is 29.8 Å². The molecule has 0 bridgehead atoms. The number of aliphatic hydroxyl groups excluding tert-OH is 1. The molecule has 35 heavy (non-hydrogen) atoms. The number of likely N-dealkylation sites (tertiary alicyclic amines) is 1. The average Bonchev–Trinajstić information content (AvgIpc) is 3.11. The number of ketones is 1. The van der Waals surface area contributed by atoms with Crippen molar-refractivity contribution in [2.75, 3.05) is 58.4 Å². The minimum absolute atomic E-state index is 0.109. The number of anilines is 1. The maximum absolute atomic E-state index is 13.3. The van der Waals surface area contributed by atoms with Gasteiger partial charge in [0.1, 0.15) is 5.76 Å². The summed E-state index contributed by atoms with van der Waals surface area (Å²) in [6, 6.07) is 13.0. The van der Waals surface area contributed by atoms with Crippen LogP contribution in [0.25, 0.3) is 5.76 Å². The van der Waals surface area contributed by atoms with Crippen LogP contribution in [-0.2, 0) is 14.3 Å². The molecule has 0 radical (unpaired) electrons.